The number of nitro benzene ring substituents is 1. The van der Waals surface area contributed by atoms with Crippen molar-refractivity contribution in [3.8, 4) is 5.75 Å². The van der Waals surface area contributed by atoms with Gasteiger partial charge in [-0.3, -0.25) is 10.1 Å². The normalized spacial score (nSPS) is 24.2. The van der Waals surface area contributed by atoms with Crippen molar-refractivity contribution in [2.24, 2.45) is 0 Å². The first-order valence-corrected chi connectivity index (χ1v) is 7.67. The van der Waals surface area contributed by atoms with Crippen LogP contribution in [0.25, 0.3) is 0 Å². The van der Waals surface area contributed by atoms with Crippen LogP contribution in [-0.4, -0.2) is 18.1 Å². The van der Waals surface area contributed by atoms with Gasteiger partial charge in [0.05, 0.1) is 11.5 Å². The summed E-state index contributed by atoms with van der Waals surface area (Å²) in [6.07, 6.45) is 0.905. The summed E-state index contributed by atoms with van der Waals surface area (Å²) < 4.78 is 11.0. The molecular formula is C9H11N2O4PS. The second kappa shape index (κ2) is 5.10. The van der Waals surface area contributed by atoms with Gasteiger partial charge in [0.2, 0.25) is 0 Å². The van der Waals surface area contributed by atoms with E-state index >= 15 is 0 Å². The van der Waals surface area contributed by atoms with E-state index in [0.29, 0.717) is 12.4 Å². The Hall–Kier alpha value is -1.01. The van der Waals surface area contributed by atoms with E-state index in [1.807, 2.05) is 0 Å². The predicted octanol–water partition coefficient (Wildman–Crippen LogP) is 2.21. The van der Waals surface area contributed by atoms with Crippen LogP contribution in [0.15, 0.2) is 24.3 Å². The fourth-order valence-corrected chi connectivity index (χ4v) is 3.51. The lowest BCUT2D eigenvalue weighted by atomic mass is 10.3. The summed E-state index contributed by atoms with van der Waals surface area (Å²) in [7, 11) is 0. The number of nitrogens with zero attached hydrogens (tertiary/aromatic N) is 1. The molecule has 1 saturated heterocycles. The second-order valence-electron chi connectivity index (χ2n) is 3.43. The van der Waals surface area contributed by atoms with Gasteiger partial charge in [-0.25, -0.2) is 5.09 Å². The quantitative estimate of drug-likeness (QED) is 0.517. The monoisotopic (exact) mass is 274 g/mol. The van der Waals surface area contributed by atoms with Gasteiger partial charge in [-0.2, -0.15) is 0 Å². The lowest BCUT2D eigenvalue weighted by molar-refractivity contribution is -0.384. The lowest BCUT2D eigenvalue weighted by Crippen LogP contribution is -2.24. The molecule has 0 amide bonds. The maximum Gasteiger partial charge on any atom is 0.312 e. The SMILES string of the molecule is O=[N+]([O-])c1ccc(OP2(=S)NCCCO2)cc1. The summed E-state index contributed by atoms with van der Waals surface area (Å²) in [6.45, 7) is -1.11. The van der Waals surface area contributed by atoms with Gasteiger partial charge in [-0.15, -0.1) is 0 Å². The zero-order chi connectivity index (χ0) is 12.3. The van der Waals surface area contributed by atoms with Crippen LogP contribution in [0.5, 0.6) is 5.75 Å². The molecule has 1 heterocycles. The van der Waals surface area contributed by atoms with Crippen LogP contribution < -0.4 is 9.61 Å². The average Bonchev–Trinajstić information content (AvgIpc) is 2.30. The first kappa shape index (κ1) is 12.4. The van der Waals surface area contributed by atoms with Crippen LogP contribution in [0.3, 0.4) is 0 Å². The van der Waals surface area contributed by atoms with Crippen LogP contribution in [0, 0.1) is 10.1 Å². The van der Waals surface area contributed by atoms with E-state index in [1.54, 1.807) is 0 Å². The Morgan fingerprint density at radius 3 is 2.71 bits per heavy atom. The van der Waals surface area contributed by atoms with E-state index < -0.39 is 11.6 Å². The van der Waals surface area contributed by atoms with Gasteiger partial charge in [0.1, 0.15) is 5.75 Å². The van der Waals surface area contributed by atoms with E-state index in [1.165, 1.54) is 24.3 Å². The van der Waals surface area contributed by atoms with Gasteiger partial charge in [-0.05, 0) is 30.4 Å². The van der Waals surface area contributed by atoms with Crippen molar-refractivity contribution in [1.82, 2.24) is 5.09 Å². The third-order valence-electron chi connectivity index (χ3n) is 2.16. The molecule has 1 aromatic rings. The molecule has 1 unspecified atom stereocenters. The molecule has 1 aliphatic heterocycles. The fourth-order valence-electron chi connectivity index (χ4n) is 1.34. The summed E-state index contributed by atoms with van der Waals surface area (Å²) in [4.78, 5) is 10.0. The van der Waals surface area contributed by atoms with Crippen molar-refractivity contribution in [3.63, 3.8) is 0 Å². The molecular weight excluding hydrogens is 263 g/mol. The largest absolute Gasteiger partial charge is 0.433 e. The molecule has 92 valence electrons. The molecule has 0 radical (unpaired) electrons. The highest BCUT2D eigenvalue weighted by Gasteiger charge is 2.23. The van der Waals surface area contributed by atoms with E-state index in [4.69, 9.17) is 20.9 Å². The molecule has 6 nitrogen and oxygen atoms in total. The molecule has 1 aliphatic rings. The number of benzene rings is 1. The molecule has 1 fully saturated rings. The van der Waals surface area contributed by atoms with E-state index in [0.717, 1.165) is 13.0 Å². The summed E-state index contributed by atoms with van der Waals surface area (Å²) >= 11 is 5.24. The van der Waals surface area contributed by atoms with E-state index in [2.05, 4.69) is 5.09 Å². The highest BCUT2D eigenvalue weighted by Crippen LogP contribution is 2.46. The second-order valence-corrected chi connectivity index (χ2v) is 6.63. The number of non-ortho nitro benzene ring substituents is 1. The average molecular weight is 274 g/mol. The smallest absolute Gasteiger partial charge is 0.312 e. The predicted molar refractivity (Wildman–Crippen MR) is 66.6 cm³/mol. The van der Waals surface area contributed by atoms with Gasteiger partial charge in [-0.1, -0.05) is 0 Å². The zero-order valence-corrected chi connectivity index (χ0v) is 10.6. The van der Waals surface area contributed by atoms with Crippen molar-refractivity contribution < 1.29 is 14.0 Å². The number of rotatable bonds is 3. The highest BCUT2D eigenvalue weighted by molar-refractivity contribution is 8.09. The van der Waals surface area contributed by atoms with Crippen LogP contribution in [0.1, 0.15) is 6.42 Å². The van der Waals surface area contributed by atoms with Gasteiger partial charge in [0, 0.05) is 18.7 Å². The molecule has 0 aromatic heterocycles. The third kappa shape index (κ3) is 3.23. The van der Waals surface area contributed by atoms with E-state index in [9.17, 15) is 10.1 Å². The number of hydrogen-bond acceptors (Lipinski definition) is 5. The number of hydrogen-bond donors (Lipinski definition) is 1. The maximum atomic E-state index is 10.5. The first-order chi connectivity index (χ1) is 8.09. The zero-order valence-electron chi connectivity index (χ0n) is 8.87. The Labute approximate surface area is 103 Å². The van der Waals surface area contributed by atoms with Crippen LogP contribution in [0.4, 0.5) is 5.69 Å². The molecule has 17 heavy (non-hydrogen) atoms. The lowest BCUT2D eigenvalue weighted by Gasteiger charge is -2.27. The van der Waals surface area contributed by atoms with Crippen molar-refractivity contribution in [1.29, 1.82) is 0 Å². The number of nitrogens with one attached hydrogen (secondary N) is 1. The molecule has 0 aliphatic carbocycles. The summed E-state index contributed by atoms with van der Waals surface area (Å²) in [6, 6.07) is 5.79. The molecule has 8 heteroatoms. The third-order valence-corrected chi connectivity index (χ3v) is 4.67. The minimum atomic E-state index is -2.46. The molecule has 0 spiro atoms. The Bertz CT molecular complexity index is 455. The molecule has 0 bridgehead atoms. The van der Waals surface area contributed by atoms with Gasteiger partial charge >= 0.3 is 6.64 Å². The number of nitro groups is 1. The molecule has 1 atom stereocenters. The van der Waals surface area contributed by atoms with Gasteiger partial charge < -0.3 is 9.05 Å². The van der Waals surface area contributed by atoms with Crippen LogP contribution >= 0.6 is 6.64 Å². The van der Waals surface area contributed by atoms with Crippen molar-refractivity contribution in [3.05, 3.63) is 34.4 Å². The molecule has 2 rings (SSSR count). The summed E-state index contributed by atoms with van der Waals surface area (Å²) in [5.41, 5.74) is 0.0200. The Morgan fingerprint density at radius 1 is 1.47 bits per heavy atom. The minimum absolute atomic E-state index is 0.0200. The van der Waals surface area contributed by atoms with Gasteiger partial charge in [0.25, 0.3) is 5.69 Å². The maximum absolute atomic E-state index is 10.5. The molecule has 1 N–H and O–H groups in total. The summed E-state index contributed by atoms with van der Waals surface area (Å²) in [5.74, 6) is 0.480. The topological polar surface area (TPSA) is 73.6 Å². The summed E-state index contributed by atoms with van der Waals surface area (Å²) in [5, 5.41) is 13.5. The Morgan fingerprint density at radius 2 is 2.18 bits per heavy atom. The highest BCUT2D eigenvalue weighted by atomic mass is 32.5. The van der Waals surface area contributed by atoms with Crippen molar-refractivity contribution in [2.45, 2.75) is 6.42 Å². The standard InChI is InChI=1S/C9H11N2O4PS/c12-11(13)8-2-4-9(5-3-8)15-16(17)10-6-1-7-14-16/h2-5H,1,6-7H2,(H,10,17). The van der Waals surface area contributed by atoms with Crippen LogP contribution in [0.2, 0.25) is 0 Å². The Kier molecular flexibility index (Phi) is 3.73. The minimum Gasteiger partial charge on any atom is -0.433 e. The fraction of sp³-hybridized carbons (Fsp3) is 0.333. The van der Waals surface area contributed by atoms with Gasteiger partial charge in [0.15, 0.2) is 0 Å². The molecule has 1 aromatic carbocycles. The van der Waals surface area contributed by atoms with Crippen molar-refractivity contribution >= 4 is 24.1 Å². The first-order valence-electron chi connectivity index (χ1n) is 5.03. The van der Waals surface area contributed by atoms with E-state index in [-0.39, 0.29) is 5.69 Å². The Balaban J connectivity index is 2.08. The molecule has 0 saturated carbocycles. The van der Waals surface area contributed by atoms with Crippen molar-refractivity contribution in [2.75, 3.05) is 13.2 Å². The van der Waals surface area contributed by atoms with Crippen LogP contribution in [-0.2, 0) is 16.3 Å².